The van der Waals surface area contributed by atoms with Gasteiger partial charge in [-0.2, -0.15) is 9.97 Å². The van der Waals surface area contributed by atoms with Crippen molar-refractivity contribution in [3.8, 4) is 22.9 Å². The topological polar surface area (TPSA) is 73.8 Å². The highest BCUT2D eigenvalue weighted by molar-refractivity contribution is 6.01. The molecule has 2 saturated heterocycles. The van der Waals surface area contributed by atoms with Crippen LogP contribution in [0.4, 0.5) is 14.6 Å². The Balaban J connectivity index is 1.38. The van der Waals surface area contributed by atoms with Crippen molar-refractivity contribution in [2.45, 2.75) is 63.6 Å². The maximum atomic E-state index is 16.7. The van der Waals surface area contributed by atoms with E-state index in [1.807, 2.05) is 18.2 Å². The summed E-state index contributed by atoms with van der Waals surface area (Å²) in [5, 5.41) is 15.8. The standard InChI is InChI=1S/C34H39F2N5O2/c1-33(12-7-10-27(33)40(3)4)19-43-32-37-30-25(31(38-32)41-17-21-11-13-34(2,18-41)39-21)16-26(35)28(29(30)36)24-15-22(42)14-20-8-5-6-9-23(20)24/h5-6,8-9,14-16,21,27,39,42H,7,10-13,17-19H2,1-4H3/t21-,27?,33-,34-/m1/s1. The summed E-state index contributed by atoms with van der Waals surface area (Å²) in [6.07, 6.45) is 5.29. The number of nitrogens with one attached hydrogen (secondary N) is 1. The number of phenols is 1. The van der Waals surface area contributed by atoms with Gasteiger partial charge in [-0.25, -0.2) is 8.78 Å². The molecule has 3 aliphatic rings. The highest BCUT2D eigenvalue weighted by atomic mass is 19.1. The summed E-state index contributed by atoms with van der Waals surface area (Å²) in [4.78, 5) is 13.8. The lowest BCUT2D eigenvalue weighted by molar-refractivity contribution is 0.0814. The van der Waals surface area contributed by atoms with Gasteiger partial charge in [-0.15, -0.1) is 0 Å². The van der Waals surface area contributed by atoms with Crippen LogP contribution < -0.4 is 15.0 Å². The van der Waals surface area contributed by atoms with Crippen LogP contribution in [0.2, 0.25) is 0 Å². The Kier molecular flexibility index (Phi) is 6.74. The number of fused-ring (bicyclic) bond motifs is 4. The van der Waals surface area contributed by atoms with Crippen molar-refractivity contribution in [3.05, 3.63) is 54.1 Å². The van der Waals surface area contributed by atoms with E-state index in [9.17, 15) is 5.11 Å². The van der Waals surface area contributed by atoms with E-state index >= 15 is 8.78 Å². The molecule has 4 atom stereocenters. The fourth-order valence-corrected chi connectivity index (χ4v) is 8.01. The fraction of sp³-hybridized carbons (Fsp3) is 0.471. The van der Waals surface area contributed by atoms with E-state index in [-0.39, 0.29) is 45.4 Å². The number of halogens is 2. The molecule has 0 amide bonds. The monoisotopic (exact) mass is 587 g/mol. The Hall–Kier alpha value is -3.56. The number of rotatable bonds is 6. The highest BCUT2D eigenvalue weighted by Gasteiger charge is 2.43. The van der Waals surface area contributed by atoms with Gasteiger partial charge in [0, 0.05) is 41.5 Å². The van der Waals surface area contributed by atoms with Gasteiger partial charge in [0.05, 0.1) is 12.2 Å². The van der Waals surface area contributed by atoms with Crippen molar-refractivity contribution >= 4 is 27.5 Å². The third-order valence-electron chi connectivity index (χ3n) is 10.0. The van der Waals surface area contributed by atoms with Gasteiger partial charge in [0.2, 0.25) is 0 Å². The Morgan fingerprint density at radius 3 is 2.67 bits per heavy atom. The number of phenolic OH excluding ortho intramolecular Hbond substituents is 1. The molecule has 3 heterocycles. The molecule has 3 fully saturated rings. The second kappa shape index (κ2) is 10.3. The molecule has 7 rings (SSSR count). The third kappa shape index (κ3) is 4.86. The molecule has 1 unspecified atom stereocenters. The largest absolute Gasteiger partial charge is 0.508 e. The molecule has 226 valence electrons. The molecule has 2 bridgehead atoms. The van der Waals surface area contributed by atoms with Gasteiger partial charge in [-0.05, 0) is 81.2 Å². The molecule has 3 aromatic carbocycles. The lowest BCUT2D eigenvalue weighted by Crippen LogP contribution is -2.58. The van der Waals surface area contributed by atoms with Gasteiger partial charge >= 0.3 is 6.01 Å². The summed E-state index contributed by atoms with van der Waals surface area (Å²) in [5.74, 6) is -1.09. The van der Waals surface area contributed by atoms with E-state index < -0.39 is 11.6 Å². The van der Waals surface area contributed by atoms with Gasteiger partial charge < -0.3 is 25.0 Å². The lowest BCUT2D eigenvalue weighted by atomic mass is 9.85. The van der Waals surface area contributed by atoms with Gasteiger partial charge in [0.25, 0.3) is 0 Å². The van der Waals surface area contributed by atoms with Crippen LogP contribution in [-0.2, 0) is 0 Å². The number of nitrogens with zero attached hydrogens (tertiary/aromatic N) is 4. The van der Waals surface area contributed by atoms with Crippen molar-refractivity contribution in [1.29, 1.82) is 0 Å². The normalized spacial score (nSPS) is 27.1. The zero-order chi connectivity index (χ0) is 30.1. The number of benzene rings is 3. The number of piperazine rings is 1. The Morgan fingerprint density at radius 1 is 1.07 bits per heavy atom. The summed E-state index contributed by atoms with van der Waals surface area (Å²) in [6.45, 7) is 6.16. The van der Waals surface area contributed by atoms with E-state index in [0.717, 1.165) is 32.1 Å². The van der Waals surface area contributed by atoms with Crippen LogP contribution in [0.1, 0.15) is 46.0 Å². The Bertz CT molecular complexity index is 1730. The van der Waals surface area contributed by atoms with Crippen molar-refractivity contribution < 1.29 is 18.6 Å². The minimum Gasteiger partial charge on any atom is -0.508 e. The molecule has 7 nitrogen and oxygen atoms in total. The molecule has 43 heavy (non-hydrogen) atoms. The van der Waals surface area contributed by atoms with Crippen molar-refractivity contribution in [1.82, 2.24) is 20.2 Å². The predicted molar refractivity (Wildman–Crippen MR) is 166 cm³/mol. The van der Waals surface area contributed by atoms with E-state index in [4.69, 9.17) is 9.72 Å². The zero-order valence-electron chi connectivity index (χ0n) is 25.3. The van der Waals surface area contributed by atoms with Crippen LogP contribution in [0.15, 0.2) is 42.5 Å². The quantitative estimate of drug-likeness (QED) is 0.276. The van der Waals surface area contributed by atoms with Gasteiger partial charge in [-0.3, -0.25) is 0 Å². The summed E-state index contributed by atoms with van der Waals surface area (Å²) in [7, 11) is 4.18. The van der Waals surface area contributed by atoms with Crippen LogP contribution in [0, 0.1) is 17.0 Å². The maximum Gasteiger partial charge on any atom is 0.319 e. The third-order valence-corrected chi connectivity index (χ3v) is 10.0. The van der Waals surface area contributed by atoms with Crippen LogP contribution in [0.3, 0.4) is 0 Å². The van der Waals surface area contributed by atoms with Crippen LogP contribution in [0.25, 0.3) is 32.8 Å². The molecule has 1 saturated carbocycles. The molecule has 1 aliphatic carbocycles. The van der Waals surface area contributed by atoms with Crippen LogP contribution in [0.5, 0.6) is 11.8 Å². The highest BCUT2D eigenvalue weighted by Crippen LogP contribution is 2.43. The second-order valence-corrected chi connectivity index (χ2v) is 13.6. The first kappa shape index (κ1) is 28.2. The molecular weight excluding hydrogens is 548 g/mol. The van der Waals surface area contributed by atoms with Crippen molar-refractivity contribution in [2.24, 2.45) is 5.41 Å². The first-order valence-corrected chi connectivity index (χ1v) is 15.3. The minimum absolute atomic E-state index is 0.0144. The number of anilines is 1. The maximum absolute atomic E-state index is 16.7. The number of hydrogen-bond donors (Lipinski definition) is 2. The zero-order valence-corrected chi connectivity index (χ0v) is 25.3. The van der Waals surface area contributed by atoms with Gasteiger partial charge in [-0.1, -0.05) is 37.6 Å². The molecule has 2 aliphatic heterocycles. The van der Waals surface area contributed by atoms with Crippen LogP contribution >= 0.6 is 0 Å². The second-order valence-electron chi connectivity index (χ2n) is 13.6. The smallest absolute Gasteiger partial charge is 0.319 e. The first-order valence-electron chi connectivity index (χ1n) is 15.3. The molecule has 1 aromatic heterocycles. The number of aromatic hydroxyl groups is 1. The predicted octanol–water partition coefficient (Wildman–Crippen LogP) is 6.26. The Morgan fingerprint density at radius 2 is 1.88 bits per heavy atom. The summed E-state index contributed by atoms with van der Waals surface area (Å²) in [5.41, 5.74) is -0.139. The number of ether oxygens (including phenoxy) is 1. The van der Waals surface area contributed by atoms with Crippen molar-refractivity contribution in [2.75, 3.05) is 38.7 Å². The van der Waals surface area contributed by atoms with E-state index in [2.05, 4.69) is 48.0 Å². The summed E-state index contributed by atoms with van der Waals surface area (Å²) < 4.78 is 39.2. The van der Waals surface area contributed by atoms with Gasteiger partial charge in [0.1, 0.15) is 22.9 Å². The summed E-state index contributed by atoms with van der Waals surface area (Å²) >= 11 is 0. The minimum atomic E-state index is -0.790. The van der Waals surface area contributed by atoms with E-state index in [0.29, 0.717) is 47.7 Å². The SMILES string of the molecule is CN(C)C1CCC[C@]1(C)COc1nc(N2C[C@H]3CC[C@](C)(C2)N3)c2cc(F)c(-c3cc(O)cc4ccccc34)c(F)c2n1. The number of aromatic nitrogens is 2. The summed E-state index contributed by atoms with van der Waals surface area (Å²) in [6, 6.07) is 12.3. The average molecular weight is 588 g/mol. The molecule has 4 aromatic rings. The van der Waals surface area contributed by atoms with E-state index in [1.54, 1.807) is 12.1 Å². The van der Waals surface area contributed by atoms with Crippen molar-refractivity contribution in [3.63, 3.8) is 0 Å². The fourth-order valence-electron chi connectivity index (χ4n) is 8.01. The molecular formula is C34H39F2N5O2. The Labute approximate surface area is 250 Å². The van der Waals surface area contributed by atoms with E-state index in [1.165, 1.54) is 12.1 Å². The molecule has 0 radical (unpaired) electrons. The van der Waals surface area contributed by atoms with Crippen LogP contribution in [-0.4, -0.2) is 71.4 Å². The molecule has 9 heteroatoms. The molecule has 0 spiro atoms. The number of hydrogen-bond acceptors (Lipinski definition) is 7. The molecule has 2 N–H and O–H groups in total. The van der Waals surface area contributed by atoms with Gasteiger partial charge in [0.15, 0.2) is 5.82 Å². The average Bonchev–Trinajstić information content (AvgIpc) is 3.49. The lowest BCUT2D eigenvalue weighted by Gasteiger charge is -2.40. The first-order chi connectivity index (χ1) is 20.5.